The van der Waals surface area contributed by atoms with E-state index in [2.05, 4.69) is 17.5 Å². The lowest BCUT2D eigenvalue weighted by Gasteiger charge is -2.23. The first-order valence-corrected chi connectivity index (χ1v) is 5.84. The van der Waals surface area contributed by atoms with Crippen LogP contribution in [-0.2, 0) is 9.59 Å². The molecular weight excluding hydrogens is 226 g/mol. The van der Waals surface area contributed by atoms with E-state index in [0.29, 0.717) is 13.0 Å². The van der Waals surface area contributed by atoms with Crippen molar-refractivity contribution in [1.82, 2.24) is 10.2 Å². The first-order chi connectivity index (χ1) is 7.54. The van der Waals surface area contributed by atoms with Gasteiger partial charge in [0.1, 0.15) is 0 Å². The van der Waals surface area contributed by atoms with Crippen LogP contribution in [0.3, 0.4) is 0 Å². The molecule has 0 bridgehead atoms. The van der Waals surface area contributed by atoms with Crippen molar-refractivity contribution in [2.45, 2.75) is 38.6 Å². The van der Waals surface area contributed by atoms with Gasteiger partial charge in [-0.1, -0.05) is 6.92 Å². The van der Waals surface area contributed by atoms with E-state index in [-0.39, 0.29) is 29.4 Å². The molecule has 16 heavy (non-hydrogen) atoms. The predicted octanol–water partition coefficient (Wildman–Crippen LogP) is 0.137. The van der Waals surface area contributed by atoms with Gasteiger partial charge in [-0.05, 0) is 25.1 Å². The first-order valence-electron chi connectivity index (χ1n) is 5.43. The van der Waals surface area contributed by atoms with E-state index >= 15 is 0 Å². The van der Waals surface area contributed by atoms with Crippen LogP contribution >= 0.6 is 12.2 Å². The third kappa shape index (κ3) is 3.44. The topological polar surface area (TPSA) is 75.4 Å². The molecule has 1 atom stereocenters. The SMILES string of the molecule is CCCN1C(=O)CC[C@@H]1CC(=O)NC(N)=S. The van der Waals surface area contributed by atoms with Gasteiger partial charge in [0.05, 0.1) is 0 Å². The molecule has 0 aliphatic carbocycles. The van der Waals surface area contributed by atoms with Crippen LogP contribution in [0.15, 0.2) is 0 Å². The number of hydrogen-bond donors (Lipinski definition) is 2. The minimum atomic E-state index is -0.215. The molecule has 0 unspecified atom stereocenters. The summed E-state index contributed by atoms with van der Waals surface area (Å²) < 4.78 is 0. The Kier molecular flexibility index (Phi) is 4.67. The minimum absolute atomic E-state index is 0.00167. The highest BCUT2D eigenvalue weighted by Gasteiger charge is 2.31. The van der Waals surface area contributed by atoms with E-state index in [9.17, 15) is 9.59 Å². The van der Waals surface area contributed by atoms with Gasteiger partial charge in [-0.2, -0.15) is 0 Å². The van der Waals surface area contributed by atoms with Crippen LogP contribution in [0.2, 0.25) is 0 Å². The lowest BCUT2D eigenvalue weighted by molar-refractivity contribution is -0.129. The zero-order valence-corrected chi connectivity index (χ0v) is 10.2. The van der Waals surface area contributed by atoms with Crippen LogP contribution in [0.5, 0.6) is 0 Å². The molecule has 90 valence electrons. The van der Waals surface area contributed by atoms with Gasteiger partial charge in [0.2, 0.25) is 11.8 Å². The molecule has 0 aromatic carbocycles. The van der Waals surface area contributed by atoms with Gasteiger partial charge >= 0.3 is 0 Å². The Hall–Kier alpha value is -1.17. The Bertz CT molecular complexity index is 306. The summed E-state index contributed by atoms with van der Waals surface area (Å²) in [6.45, 7) is 2.72. The maximum absolute atomic E-state index is 11.5. The van der Waals surface area contributed by atoms with Crippen LogP contribution in [0, 0.1) is 0 Å². The number of amides is 2. The fourth-order valence-corrected chi connectivity index (χ4v) is 2.07. The third-order valence-electron chi connectivity index (χ3n) is 2.60. The molecular formula is C10H17N3O2S. The van der Waals surface area contributed by atoms with E-state index in [4.69, 9.17) is 5.73 Å². The summed E-state index contributed by atoms with van der Waals surface area (Å²) in [5.74, 6) is -0.0803. The largest absolute Gasteiger partial charge is 0.376 e. The predicted molar refractivity (Wildman–Crippen MR) is 64.6 cm³/mol. The van der Waals surface area contributed by atoms with Gasteiger partial charge in [-0.15, -0.1) is 0 Å². The van der Waals surface area contributed by atoms with Crippen molar-refractivity contribution in [3.63, 3.8) is 0 Å². The Morgan fingerprint density at radius 3 is 2.94 bits per heavy atom. The van der Waals surface area contributed by atoms with E-state index in [0.717, 1.165) is 12.8 Å². The summed E-state index contributed by atoms with van der Waals surface area (Å²) in [4.78, 5) is 24.7. The summed E-state index contributed by atoms with van der Waals surface area (Å²) in [6.07, 6.45) is 2.46. The molecule has 3 N–H and O–H groups in total. The van der Waals surface area contributed by atoms with E-state index in [1.54, 1.807) is 4.90 Å². The smallest absolute Gasteiger partial charge is 0.228 e. The van der Waals surface area contributed by atoms with E-state index in [1.165, 1.54) is 0 Å². The van der Waals surface area contributed by atoms with Crippen molar-refractivity contribution in [2.75, 3.05) is 6.54 Å². The van der Waals surface area contributed by atoms with Gasteiger partial charge in [-0.25, -0.2) is 0 Å². The van der Waals surface area contributed by atoms with Crippen molar-refractivity contribution in [3.8, 4) is 0 Å². The number of carbonyl (C=O) groups excluding carboxylic acids is 2. The summed E-state index contributed by atoms with van der Waals surface area (Å²) in [5, 5.41) is 2.36. The molecule has 1 saturated heterocycles. The maximum atomic E-state index is 11.5. The summed E-state index contributed by atoms with van der Waals surface area (Å²) >= 11 is 4.58. The molecule has 1 rings (SSSR count). The van der Waals surface area contributed by atoms with Crippen molar-refractivity contribution in [1.29, 1.82) is 0 Å². The zero-order valence-electron chi connectivity index (χ0n) is 9.36. The molecule has 2 amide bonds. The Labute approximate surface area is 100 Å². The zero-order chi connectivity index (χ0) is 12.1. The molecule has 6 heteroatoms. The minimum Gasteiger partial charge on any atom is -0.376 e. The summed E-state index contributed by atoms with van der Waals surface area (Å²) in [6, 6.07) is 0.00167. The molecule has 1 aliphatic rings. The number of hydrogen-bond acceptors (Lipinski definition) is 3. The number of thiocarbonyl (C=S) groups is 1. The molecule has 0 aromatic rings. The molecule has 0 spiro atoms. The lowest BCUT2D eigenvalue weighted by Crippen LogP contribution is -2.41. The summed E-state index contributed by atoms with van der Waals surface area (Å²) in [7, 11) is 0. The summed E-state index contributed by atoms with van der Waals surface area (Å²) in [5.41, 5.74) is 5.21. The average Bonchev–Trinajstić information content (AvgIpc) is 2.49. The molecule has 1 fully saturated rings. The van der Waals surface area contributed by atoms with Crippen molar-refractivity contribution in [3.05, 3.63) is 0 Å². The highest BCUT2D eigenvalue weighted by atomic mass is 32.1. The number of nitrogens with two attached hydrogens (primary N) is 1. The average molecular weight is 243 g/mol. The van der Waals surface area contributed by atoms with E-state index in [1.807, 2.05) is 6.92 Å². The number of carbonyl (C=O) groups is 2. The van der Waals surface area contributed by atoms with Crippen LogP contribution < -0.4 is 11.1 Å². The number of nitrogens with zero attached hydrogens (tertiary/aromatic N) is 1. The highest BCUT2D eigenvalue weighted by molar-refractivity contribution is 7.80. The Balaban J connectivity index is 2.49. The number of likely N-dealkylation sites (tertiary alicyclic amines) is 1. The highest BCUT2D eigenvalue weighted by Crippen LogP contribution is 2.21. The fraction of sp³-hybridized carbons (Fsp3) is 0.700. The van der Waals surface area contributed by atoms with Crippen LogP contribution in [0.4, 0.5) is 0 Å². The Morgan fingerprint density at radius 1 is 1.69 bits per heavy atom. The molecule has 5 nitrogen and oxygen atoms in total. The van der Waals surface area contributed by atoms with Gasteiger partial charge in [-0.3, -0.25) is 9.59 Å². The maximum Gasteiger partial charge on any atom is 0.228 e. The second-order valence-electron chi connectivity index (χ2n) is 3.90. The molecule has 1 heterocycles. The van der Waals surface area contributed by atoms with Gasteiger partial charge in [0.25, 0.3) is 0 Å². The van der Waals surface area contributed by atoms with Gasteiger partial charge < -0.3 is 16.0 Å². The quantitative estimate of drug-likeness (QED) is 0.689. The monoisotopic (exact) mass is 243 g/mol. The second kappa shape index (κ2) is 5.79. The number of rotatable bonds is 4. The lowest BCUT2D eigenvalue weighted by atomic mass is 10.1. The van der Waals surface area contributed by atoms with Crippen molar-refractivity contribution < 1.29 is 9.59 Å². The normalized spacial score (nSPS) is 19.9. The van der Waals surface area contributed by atoms with Crippen molar-refractivity contribution >= 4 is 29.1 Å². The van der Waals surface area contributed by atoms with Gasteiger partial charge in [0, 0.05) is 25.4 Å². The number of nitrogens with one attached hydrogen (secondary N) is 1. The van der Waals surface area contributed by atoms with Crippen LogP contribution in [0.25, 0.3) is 0 Å². The second-order valence-corrected chi connectivity index (χ2v) is 4.34. The molecule has 0 saturated carbocycles. The fourth-order valence-electron chi connectivity index (χ4n) is 1.96. The van der Waals surface area contributed by atoms with Crippen molar-refractivity contribution in [2.24, 2.45) is 5.73 Å². The Morgan fingerprint density at radius 2 is 2.38 bits per heavy atom. The third-order valence-corrected chi connectivity index (χ3v) is 2.70. The van der Waals surface area contributed by atoms with Crippen LogP contribution in [-0.4, -0.2) is 34.4 Å². The first kappa shape index (κ1) is 12.9. The van der Waals surface area contributed by atoms with Gasteiger partial charge in [0.15, 0.2) is 5.11 Å². The standard InChI is InChI=1S/C10H17N3O2S/c1-2-5-13-7(3-4-9(13)15)6-8(14)12-10(11)16/h7H,2-6H2,1H3,(H3,11,12,14,16)/t7-/m1/s1. The molecule has 0 radical (unpaired) electrons. The molecule has 0 aromatic heterocycles. The van der Waals surface area contributed by atoms with E-state index < -0.39 is 0 Å². The molecule has 1 aliphatic heterocycles. The van der Waals surface area contributed by atoms with Crippen LogP contribution in [0.1, 0.15) is 32.6 Å².